The summed E-state index contributed by atoms with van der Waals surface area (Å²) >= 11 is 1.91. The summed E-state index contributed by atoms with van der Waals surface area (Å²) in [5.74, 6) is 2.79. The van der Waals surface area contributed by atoms with Crippen molar-refractivity contribution in [3.8, 4) is 0 Å². The molecule has 1 aliphatic rings. The maximum Gasteiger partial charge on any atom is 0.191 e. The summed E-state index contributed by atoms with van der Waals surface area (Å²) in [6.07, 6.45) is 4.62. The standard InChI is InChI=1S/C17H36N4OS/c1-5-18-17(19-8-6-7-13-23-4)20-14-16(15(2)3)21-9-11-22-12-10-21/h15-16H,5-14H2,1-4H3,(H2,18,19,20). The summed E-state index contributed by atoms with van der Waals surface area (Å²) in [5, 5.41) is 6.82. The van der Waals surface area contributed by atoms with Crippen LogP contribution < -0.4 is 10.6 Å². The van der Waals surface area contributed by atoms with Crippen LogP contribution in [0.3, 0.4) is 0 Å². The van der Waals surface area contributed by atoms with E-state index in [1.807, 2.05) is 11.8 Å². The molecule has 1 heterocycles. The molecule has 0 aromatic carbocycles. The van der Waals surface area contributed by atoms with Crippen LogP contribution in [0, 0.1) is 5.92 Å². The van der Waals surface area contributed by atoms with Crippen molar-refractivity contribution in [1.82, 2.24) is 15.5 Å². The molecule has 5 nitrogen and oxygen atoms in total. The van der Waals surface area contributed by atoms with Crippen LogP contribution in [0.1, 0.15) is 33.6 Å². The molecule has 0 radical (unpaired) electrons. The van der Waals surface area contributed by atoms with Crippen molar-refractivity contribution < 1.29 is 4.74 Å². The van der Waals surface area contributed by atoms with Crippen LogP contribution >= 0.6 is 11.8 Å². The van der Waals surface area contributed by atoms with Crippen molar-refractivity contribution in [3.05, 3.63) is 0 Å². The highest BCUT2D eigenvalue weighted by Gasteiger charge is 2.23. The van der Waals surface area contributed by atoms with Gasteiger partial charge in [0.05, 0.1) is 19.8 Å². The van der Waals surface area contributed by atoms with Crippen LogP contribution in [0.25, 0.3) is 0 Å². The lowest BCUT2D eigenvalue weighted by molar-refractivity contribution is 0.00867. The van der Waals surface area contributed by atoms with Crippen LogP contribution in [0.4, 0.5) is 0 Å². The smallest absolute Gasteiger partial charge is 0.191 e. The van der Waals surface area contributed by atoms with Gasteiger partial charge in [0, 0.05) is 32.2 Å². The zero-order chi connectivity index (χ0) is 16.9. The molecule has 2 N–H and O–H groups in total. The van der Waals surface area contributed by atoms with Crippen molar-refractivity contribution in [3.63, 3.8) is 0 Å². The van der Waals surface area contributed by atoms with E-state index in [0.717, 1.165) is 51.9 Å². The predicted molar refractivity (Wildman–Crippen MR) is 103 cm³/mol. The maximum absolute atomic E-state index is 5.48. The molecule has 1 saturated heterocycles. The molecule has 0 bridgehead atoms. The van der Waals surface area contributed by atoms with Crippen LogP contribution in [-0.2, 0) is 4.74 Å². The predicted octanol–water partition coefficient (Wildman–Crippen LogP) is 2.04. The molecule has 6 heteroatoms. The van der Waals surface area contributed by atoms with Gasteiger partial charge in [-0.25, -0.2) is 0 Å². The van der Waals surface area contributed by atoms with Gasteiger partial charge >= 0.3 is 0 Å². The first-order chi connectivity index (χ1) is 11.2. The third-order valence-corrected chi connectivity index (χ3v) is 4.83. The number of hydrogen-bond acceptors (Lipinski definition) is 4. The number of aliphatic imine (C=N–C) groups is 1. The second kappa shape index (κ2) is 12.9. The van der Waals surface area contributed by atoms with E-state index >= 15 is 0 Å². The molecule has 0 aromatic rings. The lowest BCUT2D eigenvalue weighted by Crippen LogP contribution is -2.48. The number of hydrogen-bond donors (Lipinski definition) is 2. The number of thioether (sulfide) groups is 1. The molecule has 1 atom stereocenters. The van der Waals surface area contributed by atoms with Crippen molar-refractivity contribution in [1.29, 1.82) is 0 Å². The normalized spacial score (nSPS) is 18.2. The molecule has 1 unspecified atom stereocenters. The van der Waals surface area contributed by atoms with Crippen LogP contribution in [0.5, 0.6) is 0 Å². The fourth-order valence-electron chi connectivity index (χ4n) is 2.76. The second-order valence-corrected chi connectivity index (χ2v) is 7.29. The molecule has 1 fully saturated rings. The number of morpholine rings is 1. The fraction of sp³-hybridized carbons (Fsp3) is 0.941. The third kappa shape index (κ3) is 8.82. The van der Waals surface area contributed by atoms with E-state index in [-0.39, 0.29) is 0 Å². The molecular formula is C17H36N4OS. The first-order valence-electron chi connectivity index (χ1n) is 9.02. The molecule has 1 aliphatic heterocycles. The van der Waals surface area contributed by atoms with Gasteiger partial charge in [0.25, 0.3) is 0 Å². The lowest BCUT2D eigenvalue weighted by atomic mass is 10.0. The topological polar surface area (TPSA) is 48.9 Å². The van der Waals surface area contributed by atoms with E-state index in [1.54, 1.807) is 0 Å². The minimum absolute atomic E-state index is 0.492. The van der Waals surface area contributed by atoms with Gasteiger partial charge in [0.1, 0.15) is 0 Å². The molecule has 0 spiro atoms. The first kappa shape index (κ1) is 20.6. The highest BCUT2D eigenvalue weighted by molar-refractivity contribution is 7.98. The minimum atomic E-state index is 0.492. The van der Waals surface area contributed by atoms with Gasteiger partial charge in [-0.05, 0) is 37.7 Å². The number of guanidine groups is 1. The Labute approximate surface area is 147 Å². The van der Waals surface area contributed by atoms with Gasteiger partial charge in [0.15, 0.2) is 5.96 Å². The van der Waals surface area contributed by atoms with Gasteiger partial charge in [-0.2, -0.15) is 11.8 Å². The van der Waals surface area contributed by atoms with Crippen LogP contribution in [0.2, 0.25) is 0 Å². The molecule has 0 amide bonds. The van der Waals surface area contributed by atoms with Gasteiger partial charge < -0.3 is 15.4 Å². The molecule has 1 rings (SSSR count). The fourth-order valence-corrected chi connectivity index (χ4v) is 3.25. The number of ether oxygens (including phenoxy) is 1. The number of unbranched alkanes of at least 4 members (excludes halogenated alkanes) is 1. The molecular weight excluding hydrogens is 308 g/mol. The lowest BCUT2D eigenvalue weighted by Gasteiger charge is -2.36. The van der Waals surface area contributed by atoms with E-state index < -0.39 is 0 Å². The molecule has 0 aliphatic carbocycles. The third-order valence-electron chi connectivity index (χ3n) is 4.13. The number of rotatable bonds is 10. The Kier molecular flexibility index (Phi) is 11.5. The van der Waals surface area contributed by atoms with Gasteiger partial charge in [-0.1, -0.05) is 13.8 Å². The monoisotopic (exact) mass is 344 g/mol. The van der Waals surface area contributed by atoms with E-state index in [1.165, 1.54) is 18.6 Å². The molecule has 0 saturated carbocycles. The summed E-state index contributed by atoms with van der Waals surface area (Å²) in [5.41, 5.74) is 0. The Morgan fingerprint density at radius 3 is 2.57 bits per heavy atom. The minimum Gasteiger partial charge on any atom is -0.379 e. The Morgan fingerprint density at radius 2 is 1.96 bits per heavy atom. The van der Waals surface area contributed by atoms with Crippen molar-refractivity contribution in [2.75, 3.05) is 57.9 Å². The van der Waals surface area contributed by atoms with Crippen molar-refractivity contribution in [2.45, 2.75) is 39.7 Å². The van der Waals surface area contributed by atoms with E-state index in [9.17, 15) is 0 Å². The van der Waals surface area contributed by atoms with Crippen LogP contribution in [-0.4, -0.2) is 74.8 Å². The van der Waals surface area contributed by atoms with E-state index in [0.29, 0.717) is 12.0 Å². The molecule has 23 heavy (non-hydrogen) atoms. The number of nitrogens with zero attached hydrogens (tertiary/aromatic N) is 2. The van der Waals surface area contributed by atoms with Crippen molar-refractivity contribution in [2.24, 2.45) is 10.9 Å². The quantitative estimate of drug-likeness (QED) is 0.361. The van der Waals surface area contributed by atoms with Crippen molar-refractivity contribution >= 4 is 17.7 Å². The summed E-state index contributed by atoms with van der Waals surface area (Å²) < 4.78 is 5.48. The zero-order valence-electron chi connectivity index (χ0n) is 15.4. The highest BCUT2D eigenvalue weighted by Crippen LogP contribution is 2.13. The van der Waals surface area contributed by atoms with E-state index in [4.69, 9.17) is 9.73 Å². The summed E-state index contributed by atoms with van der Waals surface area (Å²) in [7, 11) is 0. The SMILES string of the molecule is CCNC(=NCC(C(C)C)N1CCOCC1)NCCCCSC. The zero-order valence-corrected chi connectivity index (χ0v) is 16.3. The maximum atomic E-state index is 5.48. The Bertz CT molecular complexity index is 320. The first-order valence-corrected chi connectivity index (χ1v) is 10.4. The van der Waals surface area contributed by atoms with Gasteiger partial charge in [-0.15, -0.1) is 0 Å². The highest BCUT2D eigenvalue weighted by atomic mass is 32.2. The largest absolute Gasteiger partial charge is 0.379 e. The Morgan fingerprint density at radius 1 is 1.22 bits per heavy atom. The molecule has 0 aromatic heterocycles. The molecule has 136 valence electrons. The van der Waals surface area contributed by atoms with Gasteiger partial charge in [-0.3, -0.25) is 9.89 Å². The average Bonchev–Trinajstić information content (AvgIpc) is 2.55. The van der Waals surface area contributed by atoms with E-state index in [2.05, 4.69) is 42.6 Å². The van der Waals surface area contributed by atoms with Gasteiger partial charge in [0.2, 0.25) is 0 Å². The Hall–Kier alpha value is -0.460. The average molecular weight is 345 g/mol. The number of nitrogens with one attached hydrogen (secondary N) is 2. The second-order valence-electron chi connectivity index (χ2n) is 6.31. The summed E-state index contributed by atoms with van der Waals surface area (Å²) in [6, 6.07) is 0.492. The summed E-state index contributed by atoms with van der Waals surface area (Å²) in [4.78, 5) is 7.36. The van der Waals surface area contributed by atoms with Crippen LogP contribution in [0.15, 0.2) is 4.99 Å². The summed E-state index contributed by atoms with van der Waals surface area (Å²) in [6.45, 7) is 13.2. The Balaban J connectivity index is 2.47.